The molecule has 1 atom stereocenters. The van der Waals surface area contributed by atoms with E-state index in [1.807, 2.05) is 20.8 Å². The second-order valence-corrected chi connectivity index (χ2v) is 6.70. The Hall–Kier alpha value is -0.180. The van der Waals surface area contributed by atoms with Gasteiger partial charge in [-0.1, -0.05) is 40.5 Å². The van der Waals surface area contributed by atoms with Crippen LogP contribution in [0.4, 0.5) is 0 Å². The normalized spacial score (nSPS) is 13.5. The maximum atomic E-state index is 12.6. The monoisotopic (exact) mass is 292 g/mol. The Labute approximate surface area is 117 Å². The van der Waals surface area contributed by atoms with Gasteiger partial charge < -0.3 is 9.05 Å². The predicted molar refractivity (Wildman–Crippen MR) is 78.4 cm³/mol. The van der Waals surface area contributed by atoms with Gasteiger partial charge in [-0.3, -0.25) is 9.36 Å². The van der Waals surface area contributed by atoms with Gasteiger partial charge in [0.15, 0.2) is 0 Å². The van der Waals surface area contributed by atoms with Gasteiger partial charge in [0.1, 0.15) is 0 Å². The molecule has 5 heteroatoms. The van der Waals surface area contributed by atoms with Gasteiger partial charge in [-0.2, -0.15) is 0 Å². The molecule has 4 nitrogen and oxygen atoms in total. The Kier molecular flexibility index (Phi) is 10.5. The average molecular weight is 292 g/mol. The summed E-state index contributed by atoms with van der Waals surface area (Å²) in [5.74, 6) is -0.209. The Morgan fingerprint density at radius 1 is 1.00 bits per heavy atom. The minimum Gasteiger partial charge on any atom is -0.303 e. The fraction of sp³-hybridized carbons (Fsp3) is 0.929. The highest BCUT2D eigenvalue weighted by Gasteiger charge is 2.38. The van der Waals surface area contributed by atoms with Gasteiger partial charge in [-0.25, -0.2) is 0 Å². The molecule has 0 rings (SSSR count). The zero-order chi connectivity index (χ0) is 14.7. The lowest BCUT2D eigenvalue weighted by molar-refractivity contribution is -0.117. The van der Waals surface area contributed by atoms with E-state index in [4.69, 9.17) is 9.05 Å². The molecule has 0 aliphatic heterocycles. The predicted octanol–water partition coefficient (Wildman–Crippen LogP) is 4.78. The summed E-state index contributed by atoms with van der Waals surface area (Å²) in [5, 5.41) is 0. The van der Waals surface area contributed by atoms with Crippen molar-refractivity contribution in [1.82, 2.24) is 0 Å². The number of hydrogen-bond acceptors (Lipinski definition) is 4. The van der Waals surface area contributed by atoms with E-state index in [1.165, 1.54) is 0 Å². The fourth-order valence-electron chi connectivity index (χ4n) is 1.76. The van der Waals surface area contributed by atoms with Crippen LogP contribution in [0.2, 0.25) is 0 Å². The highest BCUT2D eigenvalue weighted by molar-refractivity contribution is 7.71. The van der Waals surface area contributed by atoms with Crippen LogP contribution in [0.1, 0.15) is 66.2 Å². The van der Waals surface area contributed by atoms with Crippen molar-refractivity contribution in [2.45, 2.75) is 66.2 Å². The van der Waals surface area contributed by atoms with Crippen LogP contribution >= 0.6 is 7.60 Å². The van der Waals surface area contributed by atoms with E-state index in [0.717, 1.165) is 32.1 Å². The van der Waals surface area contributed by atoms with E-state index in [9.17, 15) is 9.36 Å². The van der Waals surface area contributed by atoms with Crippen molar-refractivity contribution in [3.05, 3.63) is 0 Å². The molecule has 0 heterocycles. The summed E-state index contributed by atoms with van der Waals surface area (Å²) in [6, 6.07) is 0. The summed E-state index contributed by atoms with van der Waals surface area (Å²) >= 11 is 0. The number of hydrogen-bond donors (Lipinski definition) is 0. The Morgan fingerprint density at radius 2 is 1.53 bits per heavy atom. The van der Waals surface area contributed by atoms with Crippen molar-refractivity contribution >= 4 is 13.1 Å². The SMILES string of the molecule is CCCCC(CC)C(=O)P(=O)(OCCC)OCCC. The lowest BCUT2D eigenvalue weighted by Crippen LogP contribution is -2.17. The molecule has 0 amide bonds. The minimum absolute atomic E-state index is 0.209. The lowest BCUT2D eigenvalue weighted by atomic mass is 10.0. The first-order valence-corrected chi connectivity index (χ1v) is 9.03. The highest BCUT2D eigenvalue weighted by Crippen LogP contribution is 2.52. The standard InChI is InChI=1S/C14H29O4P/c1-5-9-10-13(8-4)14(15)19(16,17-11-6-2)18-12-7-3/h13H,5-12H2,1-4H3. The fourth-order valence-corrected chi connectivity index (χ4v) is 3.70. The molecular weight excluding hydrogens is 263 g/mol. The average Bonchev–Trinajstić information content (AvgIpc) is 2.43. The maximum absolute atomic E-state index is 12.6. The number of unbranched alkanes of at least 4 members (excludes halogenated alkanes) is 1. The van der Waals surface area contributed by atoms with Crippen molar-refractivity contribution in [1.29, 1.82) is 0 Å². The van der Waals surface area contributed by atoms with Gasteiger partial charge in [0.2, 0.25) is 5.52 Å². The molecule has 0 aliphatic carbocycles. The quantitative estimate of drug-likeness (QED) is 0.486. The minimum atomic E-state index is -3.60. The maximum Gasteiger partial charge on any atom is 0.396 e. The molecule has 19 heavy (non-hydrogen) atoms. The molecular formula is C14H29O4P. The first-order valence-electron chi connectivity index (χ1n) is 7.49. The summed E-state index contributed by atoms with van der Waals surface area (Å²) in [7, 11) is -3.60. The lowest BCUT2D eigenvalue weighted by Gasteiger charge is -2.21. The van der Waals surface area contributed by atoms with Gasteiger partial charge in [-0.15, -0.1) is 0 Å². The highest BCUT2D eigenvalue weighted by atomic mass is 31.2. The van der Waals surface area contributed by atoms with E-state index in [0.29, 0.717) is 19.6 Å². The van der Waals surface area contributed by atoms with Crippen LogP contribution in [-0.4, -0.2) is 18.7 Å². The first kappa shape index (κ1) is 18.8. The molecule has 0 saturated carbocycles. The zero-order valence-corrected chi connectivity index (χ0v) is 13.7. The van der Waals surface area contributed by atoms with E-state index < -0.39 is 7.60 Å². The van der Waals surface area contributed by atoms with Crippen LogP contribution in [0, 0.1) is 5.92 Å². The molecule has 1 unspecified atom stereocenters. The second-order valence-electron chi connectivity index (χ2n) is 4.75. The van der Waals surface area contributed by atoms with Crippen LogP contribution in [0.15, 0.2) is 0 Å². The molecule has 0 aromatic rings. The molecule has 0 fully saturated rings. The summed E-state index contributed by atoms with van der Waals surface area (Å²) in [4.78, 5) is 12.4. The zero-order valence-electron chi connectivity index (χ0n) is 12.8. The number of rotatable bonds is 12. The Balaban J connectivity index is 4.79. The van der Waals surface area contributed by atoms with Crippen LogP contribution < -0.4 is 0 Å². The van der Waals surface area contributed by atoms with E-state index in [2.05, 4.69) is 6.92 Å². The van der Waals surface area contributed by atoms with E-state index in [-0.39, 0.29) is 11.4 Å². The number of carbonyl (C=O) groups is 1. The largest absolute Gasteiger partial charge is 0.396 e. The molecule has 0 radical (unpaired) electrons. The van der Waals surface area contributed by atoms with Crippen LogP contribution in [-0.2, 0) is 18.4 Å². The third-order valence-corrected chi connectivity index (χ3v) is 4.90. The van der Waals surface area contributed by atoms with Crippen molar-refractivity contribution in [3.8, 4) is 0 Å². The van der Waals surface area contributed by atoms with Gasteiger partial charge in [0.25, 0.3) is 0 Å². The summed E-state index contributed by atoms with van der Waals surface area (Å²) in [6.07, 6.45) is 4.89. The molecule has 0 spiro atoms. The molecule has 0 aliphatic rings. The second kappa shape index (κ2) is 10.6. The van der Waals surface area contributed by atoms with Crippen LogP contribution in [0.25, 0.3) is 0 Å². The van der Waals surface area contributed by atoms with Crippen molar-refractivity contribution in [2.75, 3.05) is 13.2 Å². The summed E-state index contributed by atoms with van der Waals surface area (Å²) in [5.41, 5.74) is -0.328. The van der Waals surface area contributed by atoms with Crippen molar-refractivity contribution in [3.63, 3.8) is 0 Å². The first-order chi connectivity index (χ1) is 9.05. The molecule has 114 valence electrons. The number of carbonyl (C=O) groups excluding carboxylic acids is 1. The molecule has 0 aromatic carbocycles. The summed E-state index contributed by atoms with van der Waals surface area (Å²) in [6.45, 7) is 8.47. The van der Waals surface area contributed by atoms with Gasteiger partial charge in [0.05, 0.1) is 13.2 Å². The smallest absolute Gasteiger partial charge is 0.303 e. The molecule has 0 N–H and O–H groups in total. The van der Waals surface area contributed by atoms with Gasteiger partial charge in [-0.05, 0) is 25.7 Å². The Bertz CT molecular complexity index is 279. The van der Waals surface area contributed by atoms with Crippen LogP contribution in [0.3, 0.4) is 0 Å². The third kappa shape index (κ3) is 6.69. The van der Waals surface area contributed by atoms with Gasteiger partial charge in [0, 0.05) is 5.92 Å². The van der Waals surface area contributed by atoms with Crippen molar-refractivity contribution in [2.24, 2.45) is 5.92 Å². The Morgan fingerprint density at radius 3 is 1.89 bits per heavy atom. The molecule has 0 saturated heterocycles. The van der Waals surface area contributed by atoms with Crippen molar-refractivity contribution < 1.29 is 18.4 Å². The summed E-state index contributed by atoms with van der Waals surface area (Å²) < 4.78 is 23.2. The van der Waals surface area contributed by atoms with E-state index in [1.54, 1.807) is 0 Å². The van der Waals surface area contributed by atoms with E-state index >= 15 is 0 Å². The van der Waals surface area contributed by atoms with Crippen LogP contribution in [0.5, 0.6) is 0 Å². The third-order valence-electron chi connectivity index (χ3n) is 2.95. The topological polar surface area (TPSA) is 52.6 Å². The molecule has 0 bridgehead atoms. The molecule has 0 aromatic heterocycles. The van der Waals surface area contributed by atoms with Gasteiger partial charge >= 0.3 is 7.60 Å².